The lowest BCUT2D eigenvalue weighted by Gasteiger charge is -2.07. The molecule has 2 rings (SSSR count). The van der Waals surface area contributed by atoms with Gasteiger partial charge in [0.15, 0.2) is 0 Å². The quantitative estimate of drug-likeness (QED) is 0.715. The summed E-state index contributed by atoms with van der Waals surface area (Å²) in [4.78, 5) is 0. The molecular formula is C14H21NO3S. The van der Waals surface area contributed by atoms with Crippen LogP contribution in [-0.4, -0.2) is 20.1 Å². The first kappa shape index (κ1) is 14.5. The molecule has 1 aliphatic rings. The summed E-state index contributed by atoms with van der Waals surface area (Å²) in [5, 5.41) is 8.92. The maximum absolute atomic E-state index is 11.9. The average Bonchev–Trinajstić information content (AvgIpc) is 3.19. The molecule has 4 nitrogen and oxygen atoms in total. The zero-order chi connectivity index (χ0) is 13.7. The highest BCUT2D eigenvalue weighted by Crippen LogP contribution is 2.33. The topological polar surface area (TPSA) is 66.4 Å². The number of aliphatic hydroxyl groups is 1. The Morgan fingerprint density at radius 1 is 1.16 bits per heavy atom. The third kappa shape index (κ3) is 5.30. The number of benzene rings is 1. The van der Waals surface area contributed by atoms with Gasteiger partial charge >= 0.3 is 0 Å². The highest BCUT2D eigenvalue weighted by molar-refractivity contribution is 7.88. The second kappa shape index (κ2) is 6.50. The van der Waals surface area contributed by atoms with Crippen molar-refractivity contribution in [1.29, 1.82) is 0 Å². The molecule has 19 heavy (non-hydrogen) atoms. The predicted octanol–water partition coefficient (Wildman–Crippen LogP) is 1.79. The molecule has 0 radical (unpaired) electrons. The lowest BCUT2D eigenvalue weighted by atomic mass is 10.2. The van der Waals surface area contributed by atoms with Crippen molar-refractivity contribution < 1.29 is 13.5 Å². The molecule has 1 fully saturated rings. The second-order valence-corrected chi connectivity index (χ2v) is 7.02. The zero-order valence-electron chi connectivity index (χ0n) is 11.0. The molecule has 1 aromatic carbocycles. The molecule has 0 saturated heterocycles. The lowest BCUT2D eigenvalue weighted by Crippen LogP contribution is -2.26. The molecule has 2 N–H and O–H groups in total. The second-order valence-electron chi connectivity index (χ2n) is 5.21. The molecule has 0 aromatic heterocycles. The van der Waals surface area contributed by atoms with Crippen LogP contribution in [-0.2, 0) is 22.4 Å². The van der Waals surface area contributed by atoms with E-state index in [-0.39, 0.29) is 12.4 Å². The van der Waals surface area contributed by atoms with Gasteiger partial charge in [-0.1, -0.05) is 37.1 Å². The number of rotatable bonds is 8. The smallest absolute Gasteiger partial charge is 0.215 e. The van der Waals surface area contributed by atoms with Crippen LogP contribution in [0.5, 0.6) is 0 Å². The van der Waals surface area contributed by atoms with Crippen LogP contribution < -0.4 is 4.72 Å². The summed E-state index contributed by atoms with van der Waals surface area (Å²) in [5.74, 6) is 0.845. The minimum absolute atomic E-state index is 0.00212. The van der Waals surface area contributed by atoms with E-state index >= 15 is 0 Å². The van der Waals surface area contributed by atoms with Gasteiger partial charge in [-0.15, -0.1) is 0 Å². The summed E-state index contributed by atoms with van der Waals surface area (Å²) in [6, 6.07) is 6.99. The molecule has 0 amide bonds. The van der Waals surface area contributed by atoms with E-state index in [2.05, 4.69) is 4.72 Å². The van der Waals surface area contributed by atoms with Crippen molar-refractivity contribution in [2.45, 2.75) is 38.0 Å². The van der Waals surface area contributed by atoms with E-state index in [0.717, 1.165) is 29.9 Å². The summed E-state index contributed by atoms with van der Waals surface area (Å²) in [6.45, 7) is 0.514. The molecule has 1 saturated carbocycles. The Hall–Kier alpha value is -0.910. The van der Waals surface area contributed by atoms with Crippen LogP contribution in [0.3, 0.4) is 0 Å². The molecule has 106 valence electrons. The summed E-state index contributed by atoms with van der Waals surface area (Å²) in [7, 11) is -3.24. The Morgan fingerprint density at radius 2 is 1.79 bits per heavy atom. The minimum atomic E-state index is -3.24. The molecular weight excluding hydrogens is 262 g/mol. The molecule has 1 aliphatic carbocycles. The fraction of sp³-hybridized carbons (Fsp3) is 0.571. The minimum Gasteiger partial charge on any atom is -0.392 e. The van der Waals surface area contributed by atoms with Crippen LogP contribution in [0.15, 0.2) is 24.3 Å². The van der Waals surface area contributed by atoms with E-state index in [1.807, 2.05) is 0 Å². The van der Waals surface area contributed by atoms with Gasteiger partial charge in [-0.05, 0) is 29.9 Å². The van der Waals surface area contributed by atoms with Crippen LogP contribution in [0.25, 0.3) is 0 Å². The van der Waals surface area contributed by atoms with Gasteiger partial charge in [-0.25, -0.2) is 13.1 Å². The molecule has 0 heterocycles. The number of hydrogen-bond donors (Lipinski definition) is 2. The Kier molecular flexibility index (Phi) is 4.96. The fourth-order valence-corrected chi connectivity index (χ4v) is 3.22. The maximum Gasteiger partial charge on any atom is 0.215 e. The van der Waals surface area contributed by atoms with Gasteiger partial charge in [-0.2, -0.15) is 0 Å². The van der Waals surface area contributed by atoms with Crippen molar-refractivity contribution >= 4 is 10.0 Å². The van der Waals surface area contributed by atoms with Gasteiger partial charge in [0.1, 0.15) is 0 Å². The third-order valence-electron chi connectivity index (χ3n) is 3.37. The SMILES string of the molecule is O=S(=O)(Cc1ccc(CO)cc1)NCCCC1CC1. The molecule has 1 aromatic rings. The number of nitrogens with one attached hydrogen (secondary N) is 1. The number of sulfonamides is 1. The fourth-order valence-electron chi connectivity index (χ4n) is 2.04. The van der Waals surface area contributed by atoms with Gasteiger partial charge in [0.2, 0.25) is 10.0 Å². The third-order valence-corrected chi connectivity index (χ3v) is 4.73. The monoisotopic (exact) mass is 283 g/mol. The Morgan fingerprint density at radius 3 is 2.37 bits per heavy atom. The Bertz CT molecular complexity index is 492. The standard InChI is InChI=1S/C14H21NO3S/c16-10-13-5-7-14(8-6-13)11-19(17,18)15-9-1-2-12-3-4-12/h5-8,12,15-16H,1-4,9-11H2. The summed E-state index contributed by atoms with van der Waals surface area (Å²) in [6.07, 6.45) is 4.68. The molecule has 0 spiro atoms. The lowest BCUT2D eigenvalue weighted by molar-refractivity contribution is 0.282. The first-order valence-corrected chi connectivity index (χ1v) is 8.40. The molecule has 0 unspecified atom stereocenters. The van der Waals surface area contributed by atoms with Crippen LogP contribution in [0.4, 0.5) is 0 Å². The Labute approximate surface area is 114 Å². The van der Waals surface area contributed by atoms with Gasteiger partial charge < -0.3 is 5.11 Å². The zero-order valence-corrected chi connectivity index (χ0v) is 11.8. The molecule has 0 aliphatic heterocycles. The van der Waals surface area contributed by atoms with Crippen LogP contribution in [0.1, 0.15) is 36.8 Å². The highest BCUT2D eigenvalue weighted by atomic mass is 32.2. The van der Waals surface area contributed by atoms with Crippen molar-refractivity contribution in [3.8, 4) is 0 Å². The first-order valence-electron chi connectivity index (χ1n) is 6.75. The van der Waals surface area contributed by atoms with E-state index < -0.39 is 10.0 Å². The molecule has 5 heteroatoms. The van der Waals surface area contributed by atoms with Gasteiger partial charge in [-0.3, -0.25) is 0 Å². The van der Waals surface area contributed by atoms with Crippen molar-refractivity contribution in [2.24, 2.45) is 5.92 Å². The van der Waals surface area contributed by atoms with Gasteiger partial charge in [0, 0.05) is 6.54 Å². The molecule has 0 atom stereocenters. The van der Waals surface area contributed by atoms with E-state index in [1.54, 1.807) is 24.3 Å². The summed E-state index contributed by atoms with van der Waals surface area (Å²) >= 11 is 0. The number of aliphatic hydroxyl groups excluding tert-OH is 1. The van der Waals surface area contributed by atoms with Crippen molar-refractivity contribution in [2.75, 3.05) is 6.54 Å². The average molecular weight is 283 g/mol. The maximum atomic E-state index is 11.9. The Balaban J connectivity index is 1.77. The summed E-state index contributed by atoms with van der Waals surface area (Å²) in [5.41, 5.74) is 1.53. The van der Waals surface area contributed by atoms with Crippen LogP contribution in [0.2, 0.25) is 0 Å². The van der Waals surface area contributed by atoms with Crippen LogP contribution >= 0.6 is 0 Å². The van der Waals surface area contributed by atoms with Gasteiger partial charge in [0.05, 0.1) is 12.4 Å². The normalized spacial score (nSPS) is 15.6. The predicted molar refractivity (Wildman–Crippen MR) is 74.9 cm³/mol. The number of hydrogen-bond acceptors (Lipinski definition) is 3. The highest BCUT2D eigenvalue weighted by Gasteiger charge is 2.20. The van der Waals surface area contributed by atoms with Crippen molar-refractivity contribution in [1.82, 2.24) is 4.72 Å². The van der Waals surface area contributed by atoms with Gasteiger partial charge in [0.25, 0.3) is 0 Å². The van der Waals surface area contributed by atoms with E-state index in [9.17, 15) is 8.42 Å². The van der Waals surface area contributed by atoms with E-state index in [1.165, 1.54) is 12.8 Å². The van der Waals surface area contributed by atoms with Crippen molar-refractivity contribution in [3.05, 3.63) is 35.4 Å². The van der Waals surface area contributed by atoms with E-state index in [0.29, 0.717) is 6.54 Å². The van der Waals surface area contributed by atoms with E-state index in [4.69, 9.17) is 5.11 Å². The largest absolute Gasteiger partial charge is 0.392 e. The first-order chi connectivity index (χ1) is 9.09. The molecule has 0 bridgehead atoms. The summed E-state index contributed by atoms with van der Waals surface area (Å²) < 4.78 is 26.4. The van der Waals surface area contributed by atoms with Crippen LogP contribution in [0, 0.1) is 5.92 Å². The van der Waals surface area contributed by atoms with Crippen molar-refractivity contribution in [3.63, 3.8) is 0 Å².